The van der Waals surface area contributed by atoms with Crippen molar-refractivity contribution in [3.8, 4) is 0 Å². The average molecular weight is 432 g/mol. The summed E-state index contributed by atoms with van der Waals surface area (Å²) in [5, 5.41) is 22.7. The first kappa shape index (κ1) is 22.8. The third-order valence-electron chi connectivity index (χ3n) is 5.77. The molecule has 0 N–H and O–H groups in total. The molecule has 0 bridgehead atoms. The van der Waals surface area contributed by atoms with Crippen LogP contribution in [0.4, 0.5) is 5.69 Å². The Morgan fingerprint density at radius 3 is 1.81 bits per heavy atom. The number of hydrogen-bond donors (Lipinski definition) is 0. The van der Waals surface area contributed by atoms with Crippen molar-refractivity contribution in [3.63, 3.8) is 0 Å². The number of carbonyl (C=O) groups excluding carboxylic acids is 1. The molecule has 0 aliphatic heterocycles. The Labute approximate surface area is 186 Å². The van der Waals surface area contributed by atoms with E-state index in [0.717, 1.165) is 11.1 Å². The molecule has 0 unspecified atom stereocenters. The third-order valence-corrected chi connectivity index (χ3v) is 5.77. The molecule has 3 atom stereocenters. The number of nitro benzene ring substituents is 1. The van der Waals surface area contributed by atoms with E-state index < -0.39 is 23.3 Å². The topological polar surface area (TPSA) is 103 Å². The highest BCUT2D eigenvalue weighted by Gasteiger charge is 2.39. The molecule has 0 amide bonds. The van der Waals surface area contributed by atoms with Gasteiger partial charge < -0.3 is 0 Å². The van der Waals surface area contributed by atoms with Crippen molar-refractivity contribution in [2.24, 2.45) is 5.92 Å². The molecule has 32 heavy (non-hydrogen) atoms. The lowest BCUT2D eigenvalue weighted by atomic mass is 9.70. The summed E-state index contributed by atoms with van der Waals surface area (Å²) in [6.45, 7) is 1.53. The number of non-ortho nitro benzene ring substituents is 1. The minimum atomic E-state index is -0.711. The third kappa shape index (κ3) is 5.24. The molecule has 7 nitrogen and oxygen atoms in total. The van der Waals surface area contributed by atoms with Crippen LogP contribution in [0.25, 0.3) is 0 Å². The number of ketones is 1. The zero-order valence-corrected chi connectivity index (χ0v) is 17.7. The van der Waals surface area contributed by atoms with Crippen LogP contribution in [-0.2, 0) is 0 Å². The predicted octanol–water partition coefficient (Wildman–Crippen LogP) is 5.65. The molecule has 0 aliphatic rings. The fourth-order valence-electron chi connectivity index (χ4n) is 4.27. The van der Waals surface area contributed by atoms with E-state index in [1.807, 2.05) is 31.2 Å². The quantitative estimate of drug-likeness (QED) is 0.234. The van der Waals surface area contributed by atoms with E-state index in [1.54, 1.807) is 48.5 Å². The van der Waals surface area contributed by atoms with Crippen molar-refractivity contribution in [1.29, 1.82) is 0 Å². The number of hydrogen-bond acceptors (Lipinski definition) is 5. The Hall–Kier alpha value is -3.87. The van der Waals surface area contributed by atoms with Crippen molar-refractivity contribution in [1.82, 2.24) is 0 Å². The van der Waals surface area contributed by atoms with Crippen LogP contribution in [0.15, 0.2) is 84.9 Å². The summed E-state index contributed by atoms with van der Waals surface area (Å²) in [6, 6.07) is 23.9. The van der Waals surface area contributed by atoms with Crippen LogP contribution < -0.4 is 0 Å². The molecule has 3 aromatic rings. The zero-order chi connectivity index (χ0) is 23.1. The van der Waals surface area contributed by atoms with Gasteiger partial charge in [0.15, 0.2) is 5.78 Å². The van der Waals surface area contributed by atoms with Gasteiger partial charge in [-0.1, -0.05) is 79.7 Å². The van der Waals surface area contributed by atoms with E-state index in [0.29, 0.717) is 12.0 Å². The number of rotatable bonds is 10. The van der Waals surface area contributed by atoms with Gasteiger partial charge in [0, 0.05) is 28.5 Å². The largest absolute Gasteiger partial charge is 0.294 e. The van der Waals surface area contributed by atoms with Crippen LogP contribution in [0.2, 0.25) is 0 Å². The van der Waals surface area contributed by atoms with Gasteiger partial charge in [0.25, 0.3) is 5.69 Å². The van der Waals surface area contributed by atoms with Gasteiger partial charge in [0.05, 0.1) is 10.8 Å². The summed E-state index contributed by atoms with van der Waals surface area (Å²) in [4.78, 5) is 35.6. The molecule has 164 valence electrons. The number of nitrogens with zero attached hydrogens (tertiary/aromatic N) is 2. The molecule has 0 heterocycles. The first-order chi connectivity index (χ1) is 15.4. The highest BCUT2D eigenvalue weighted by atomic mass is 16.6. The monoisotopic (exact) mass is 432 g/mol. The maximum atomic E-state index is 13.8. The molecule has 3 aromatic carbocycles. The molecular weight excluding hydrogens is 408 g/mol. The lowest BCUT2D eigenvalue weighted by Crippen LogP contribution is -2.32. The van der Waals surface area contributed by atoms with Gasteiger partial charge in [-0.3, -0.25) is 25.0 Å². The number of Topliss-reactive ketones (excluding diaryl/α,β-unsaturated/α-hetero) is 1. The summed E-state index contributed by atoms with van der Waals surface area (Å²) >= 11 is 0. The molecular formula is C25H24N2O5. The fraction of sp³-hybridized carbons (Fsp3) is 0.240. The van der Waals surface area contributed by atoms with Gasteiger partial charge in [-0.05, 0) is 23.5 Å². The first-order valence-corrected chi connectivity index (χ1v) is 10.4. The van der Waals surface area contributed by atoms with Gasteiger partial charge in [0.2, 0.25) is 6.54 Å². The Morgan fingerprint density at radius 2 is 1.31 bits per heavy atom. The van der Waals surface area contributed by atoms with Gasteiger partial charge in [-0.15, -0.1) is 0 Å². The lowest BCUT2D eigenvalue weighted by Gasteiger charge is -2.31. The Kier molecular flexibility index (Phi) is 7.44. The van der Waals surface area contributed by atoms with Crippen molar-refractivity contribution >= 4 is 11.5 Å². The minimum Gasteiger partial charge on any atom is -0.294 e. The highest BCUT2D eigenvalue weighted by molar-refractivity contribution is 5.99. The van der Waals surface area contributed by atoms with E-state index in [4.69, 9.17) is 0 Å². The molecule has 0 saturated heterocycles. The summed E-state index contributed by atoms with van der Waals surface area (Å²) in [6.07, 6.45) is 0.544. The summed E-state index contributed by atoms with van der Waals surface area (Å²) in [5.41, 5.74) is 1.91. The van der Waals surface area contributed by atoms with Crippen LogP contribution >= 0.6 is 0 Å². The normalized spacial score (nSPS) is 13.7. The van der Waals surface area contributed by atoms with Gasteiger partial charge >= 0.3 is 0 Å². The van der Waals surface area contributed by atoms with E-state index >= 15 is 0 Å². The maximum absolute atomic E-state index is 13.8. The number of benzene rings is 3. The summed E-state index contributed by atoms with van der Waals surface area (Å²) in [5.74, 6) is -1.89. The van der Waals surface area contributed by atoms with E-state index in [2.05, 4.69) is 0 Å². The van der Waals surface area contributed by atoms with Crippen LogP contribution in [-0.4, -0.2) is 22.2 Å². The van der Waals surface area contributed by atoms with Crippen LogP contribution in [0.5, 0.6) is 0 Å². The molecule has 0 saturated carbocycles. The SMILES string of the molecule is CC[C@@H](c1ccc([N+](=O)[O-])cc1)[C@@H](C(=O)c1ccccc1)[C@H](C[N+](=O)[O-])c1ccccc1. The molecule has 0 spiro atoms. The van der Waals surface area contributed by atoms with Crippen molar-refractivity contribution in [2.45, 2.75) is 25.2 Å². The molecule has 0 aromatic heterocycles. The molecule has 0 fully saturated rings. The molecule has 7 heteroatoms. The highest BCUT2D eigenvalue weighted by Crippen LogP contribution is 2.41. The Balaban J connectivity index is 2.14. The van der Waals surface area contributed by atoms with Gasteiger partial charge in [-0.25, -0.2) is 0 Å². The van der Waals surface area contributed by atoms with E-state index in [9.17, 15) is 25.0 Å². The van der Waals surface area contributed by atoms with E-state index in [1.165, 1.54) is 12.1 Å². The smallest absolute Gasteiger partial charge is 0.269 e. The second-order valence-corrected chi connectivity index (χ2v) is 7.65. The number of carbonyl (C=O) groups is 1. The molecule has 0 aliphatic carbocycles. The van der Waals surface area contributed by atoms with Crippen molar-refractivity contribution in [2.75, 3.05) is 6.54 Å². The average Bonchev–Trinajstić information content (AvgIpc) is 2.82. The number of nitro groups is 2. The van der Waals surface area contributed by atoms with Gasteiger partial charge in [-0.2, -0.15) is 0 Å². The van der Waals surface area contributed by atoms with Crippen molar-refractivity contribution in [3.05, 3.63) is 122 Å². The standard InChI is InChI=1S/C25H24N2O5/c1-2-22(19-13-15-21(16-14-19)27(31)32)24(25(28)20-11-7-4-8-12-20)23(17-26(29)30)18-9-5-3-6-10-18/h3-16,22-24H,2,17H2,1H3/t22-,23+,24+/m0/s1. The Morgan fingerprint density at radius 1 is 0.781 bits per heavy atom. The lowest BCUT2D eigenvalue weighted by molar-refractivity contribution is -0.484. The maximum Gasteiger partial charge on any atom is 0.269 e. The zero-order valence-electron chi connectivity index (χ0n) is 17.7. The van der Waals surface area contributed by atoms with Crippen LogP contribution in [0, 0.1) is 26.1 Å². The fourth-order valence-corrected chi connectivity index (χ4v) is 4.27. The van der Waals surface area contributed by atoms with Gasteiger partial charge in [0.1, 0.15) is 0 Å². The molecule has 0 radical (unpaired) electrons. The first-order valence-electron chi connectivity index (χ1n) is 10.4. The van der Waals surface area contributed by atoms with Crippen LogP contribution in [0.3, 0.4) is 0 Å². The van der Waals surface area contributed by atoms with Crippen LogP contribution in [0.1, 0.15) is 46.7 Å². The van der Waals surface area contributed by atoms with E-state index in [-0.39, 0.29) is 22.3 Å². The summed E-state index contributed by atoms with van der Waals surface area (Å²) in [7, 11) is 0. The minimum absolute atomic E-state index is 0.0422. The van der Waals surface area contributed by atoms with Crippen molar-refractivity contribution < 1.29 is 14.6 Å². The molecule has 3 rings (SSSR count). The second kappa shape index (κ2) is 10.4. The predicted molar refractivity (Wildman–Crippen MR) is 121 cm³/mol. The second-order valence-electron chi connectivity index (χ2n) is 7.65. The summed E-state index contributed by atoms with van der Waals surface area (Å²) < 4.78 is 0. The Bertz CT molecular complexity index is 1070.